The van der Waals surface area contributed by atoms with Gasteiger partial charge in [-0.05, 0) is 30.0 Å². The monoisotopic (exact) mass is 297 g/mol. The molecule has 0 radical (unpaired) electrons. The fourth-order valence-corrected chi connectivity index (χ4v) is 2.47. The van der Waals surface area contributed by atoms with Crippen molar-refractivity contribution >= 4 is 5.91 Å². The standard InChI is InChI=1S/C19H23NO2/c1-15-8-6-7-11-17(15)18(22-2)14-20-19(21)13-12-16-9-4-3-5-10-16/h3-11,18H,12-14H2,1-2H3,(H,20,21). The molecule has 0 spiro atoms. The van der Waals surface area contributed by atoms with Crippen LogP contribution in [0.15, 0.2) is 54.6 Å². The molecule has 2 aromatic rings. The molecule has 3 nitrogen and oxygen atoms in total. The molecule has 0 fully saturated rings. The summed E-state index contributed by atoms with van der Waals surface area (Å²) in [5, 5.41) is 2.97. The molecule has 116 valence electrons. The summed E-state index contributed by atoms with van der Waals surface area (Å²) in [6.07, 6.45) is 1.14. The van der Waals surface area contributed by atoms with Crippen LogP contribution in [0.2, 0.25) is 0 Å². The fourth-order valence-electron chi connectivity index (χ4n) is 2.47. The van der Waals surface area contributed by atoms with Crippen LogP contribution >= 0.6 is 0 Å². The maximum absolute atomic E-state index is 12.0. The number of carbonyl (C=O) groups excluding carboxylic acids is 1. The van der Waals surface area contributed by atoms with Gasteiger partial charge in [0.25, 0.3) is 0 Å². The molecule has 22 heavy (non-hydrogen) atoms. The van der Waals surface area contributed by atoms with Gasteiger partial charge >= 0.3 is 0 Å². The van der Waals surface area contributed by atoms with Crippen LogP contribution in [0.5, 0.6) is 0 Å². The van der Waals surface area contributed by atoms with Crippen LogP contribution in [0.4, 0.5) is 0 Å². The van der Waals surface area contributed by atoms with Gasteiger partial charge in [0.1, 0.15) is 0 Å². The number of carbonyl (C=O) groups is 1. The Balaban J connectivity index is 1.83. The molecular formula is C19H23NO2. The molecule has 2 rings (SSSR count). The van der Waals surface area contributed by atoms with E-state index in [0.717, 1.165) is 12.0 Å². The lowest BCUT2D eigenvalue weighted by molar-refractivity contribution is -0.121. The zero-order valence-corrected chi connectivity index (χ0v) is 13.2. The summed E-state index contributed by atoms with van der Waals surface area (Å²) in [5.74, 6) is 0.0551. The maximum atomic E-state index is 12.0. The van der Waals surface area contributed by atoms with Crippen molar-refractivity contribution in [1.29, 1.82) is 0 Å². The third-order valence-electron chi connectivity index (χ3n) is 3.79. The van der Waals surface area contributed by atoms with Crippen LogP contribution in [0.1, 0.15) is 29.2 Å². The average Bonchev–Trinajstić information content (AvgIpc) is 2.56. The van der Waals surface area contributed by atoms with Crippen LogP contribution in [0, 0.1) is 6.92 Å². The first-order chi connectivity index (χ1) is 10.7. The van der Waals surface area contributed by atoms with E-state index in [9.17, 15) is 4.79 Å². The van der Waals surface area contributed by atoms with Crippen molar-refractivity contribution in [2.24, 2.45) is 0 Å². The van der Waals surface area contributed by atoms with Crippen molar-refractivity contribution in [3.8, 4) is 0 Å². The topological polar surface area (TPSA) is 38.3 Å². The normalized spacial score (nSPS) is 11.9. The van der Waals surface area contributed by atoms with Crippen molar-refractivity contribution in [3.05, 3.63) is 71.3 Å². The average molecular weight is 297 g/mol. The maximum Gasteiger partial charge on any atom is 0.220 e. The summed E-state index contributed by atoms with van der Waals surface area (Å²) in [6, 6.07) is 18.1. The Morgan fingerprint density at radius 1 is 1.09 bits per heavy atom. The summed E-state index contributed by atoms with van der Waals surface area (Å²) < 4.78 is 5.52. The molecule has 0 aliphatic heterocycles. The number of hydrogen-bond acceptors (Lipinski definition) is 2. The highest BCUT2D eigenvalue weighted by Crippen LogP contribution is 2.19. The van der Waals surface area contributed by atoms with Gasteiger partial charge in [-0.15, -0.1) is 0 Å². The Hall–Kier alpha value is -2.13. The van der Waals surface area contributed by atoms with Crippen molar-refractivity contribution < 1.29 is 9.53 Å². The third kappa shape index (κ3) is 4.71. The van der Waals surface area contributed by atoms with E-state index in [1.165, 1.54) is 11.1 Å². The molecule has 1 amide bonds. The van der Waals surface area contributed by atoms with Crippen molar-refractivity contribution in [2.75, 3.05) is 13.7 Å². The zero-order valence-electron chi connectivity index (χ0n) is 13.2. The molecule has 0 saturated carbocycles. The summed E-state index contributed by atoms with van der Waals surface area (Å²) >= 11 is 0. The van der Waals surface area contributed by atoms with Gasteiger partial charge in [-0.25, -0.2) is 0 Å². The smallest absolute Gasteiger partial charge is 0.220 e. The predicted octanol–water partition coefficient (Wildman–Crippen LogP) is 3.43. The minimum Gasteiger partial charge on any atom is -0.375 e. The lowest BCUT2D eigenvalue weighted by Gasteiger charge is -2.18. The first-order valence-corrected chi connectivity index (χ1v) is 7.59. The van der Waals surface area contributed by atoms with E-state index >= 15 is 0 Å². The highest BCUT2D eigenvalue weighted by atomic mass is 16.5. The number of aryl methyl sites for hydroxylation is 2. The Morgan fingerprint density at radius 3 is 2.45 bits per heavy atom. The molecule has 3 heteroatoms. The van der Waals surface area contributed by atoms with Gasteiger partial charge in [0.05, 0.1) is 6.10 Å². The Bertz CT molecular complexity index is 595. The molecule has 1 unspecified atom stereocenters. The Morgan fingerprint density at radius 2 is 1.77 bits per heavy atom. The molecule has 0 heterocycles. The van der Waals surface area contributed by atoms with E-state index in [1.807, 2.05) is 48.5 Å². The SMILES string of the molecule is COC(CNC(=O)CCc1ccccc1)c1ccccc1C. The van der Waals surface area contributed by atoms with Crippen LogP contribution in [-0.2, 0) is 16.0 Å². The van der Waals surface area contributed by atoms with Gasteiger partial charge < -0.3 is 10.1 Å². The van der Waals surface area contributed by atoms with Crippen LogP contribution in [0.3, 0.4) is 0 Å². The third-order valence-corrected chi connectivity index (χ3v) is 3.79. The molecule has 0 bridgehead atoms. The number of methoxy groups -OCH3 is 1. The highest BCUT2D eigenvalue weighted by molar-refractivity contribution is 5.76. The lowest BCUT2D eigenvalue weighted by Crippen LogP contribution is -2.29. The first kappa shape index (κ1) is 16.2. The number of amides is 1. The van der Waals surface area contributed by atoms with E-state index in [2.05, 4.69) is 18.3 Å². The molecular weight excluding hydrogens is 274 g/mol. The van der Waals surface area contributed by atoms with Crippen LogP contribution < -0.4 is 5.32 Å². The Labute approximate surface area is 132 Å². The first-order valence-electron chi connectivity index (χ1n) is 7.59. The van der Waals surface area contributed by atoms with E-state index < -0.39 is 0 Å². The highest BCUT2D eigenvalue weighted by Gasteiger charge is 2.13. The fraction of sp³-hybridized carbons (Fsp3) is 0.316. The van der Waals surface area contributed by atoms with Gasteiger partial charge in [-0.1, -0.05) is 54.6 Å². The van der Waals surface area contributed by atoms with Crippen LogP contribution in [-0.4, -0.2) is 19.6 Å². The number of rotatable bonds is 7. The van der Waals surface area contributed by atoms with E-state index in [1.54, 1.807) is 7.11 Å². The quantitative estimate of drug-likeness (QED) is 0.850. The molecule has 1 atom stereocenters. The summed E-state index contributed by atoms with van der Waals surface area (Å²) in [4.78, 5) is 12.0. The van der Waals surface area contributed by atoms with Crippen molar-refractivity contribution in [3.63, 3.8) is 0 Å². The summed E-state index contributed by atoms with van der Waals surface area (Å²) in [5.41, 5.74) is 3.47. The van der Waals surface area contributed by atoms with Crippen molar-refractivity contribution in [2.45, 2.75) is 25.9 Å². The van der Waals surface area contributed by atoms with Crippen LogP contribution in [0.25, 0.3) is 0 Å². The minimum absolute atomic E-state index is 0.0551. The van der Waals surface area contributed by atoms with E-state index in [0.29, 0.717) is 13.0 Å². The van der Waals surface area contributed by atoms with Gasteiger partial charge in [-0.2, -0.15) is 0 Å². The molecule has 1 N–H and O–H groups in total. The number of ether oxygens (including phenoxy) is 1. The second-order valence-electron chi connectivity index (χ2n) is 5.37. The molecule has 2 aromatic carbocycles. The molecule has 0 aliphatic rings. The van der Waals surface area contributed by atoms with Gasteiger partial charge in [0.15, 0.2) is 0 Å². The van der Waals surface area contributed by atoms with Crippen molar-refractivity contribution in [1.82, 2.24) is 5.32 Å². The van der Waals surface area contributed by atoms with E-state index in [4.69, 9.17) is 4.74 Å². The molecule has 0 aromatic heterocycles. The summed E-state index contributed by atoms with van der Waals surface area (Å²) in [6.45, 7) is 2.55. The second kappa shape index (κ2) is 8.35. The second-order valence-corrected chi connectivity index (χ2v) is 5.37. The largest absolute Gasteiger partial charge is 0.375 e. The zero-order chi connectivity index (χ0) is 15.8. The number of benzene rings is 2. The number of hydrogen-bond donors (Lipinski definition) is 1. The Kier molecular flexibility index (Phi) is 6.16. The number of nitrogens with one attached hydrogen (secondary N) is 1. The minimum atomic E-state index is -0.109. The van der Waals surface area contributed by atoms with Gasteiger partial charge in [0.2, 0.25) is 5.91 Å². The van der Waals surface area contributed by atoms with E-state index in [-0.39, 0.29) is 12.0 Å². The van der Waals surface area contributed by atoms with Gasteiger partial charge in [-0.3, -0.25) is 4.79 Å². The molecule has 0 aliphatic carbocycles. The molecule has 0 saturated heterocycles. The lowest BCUT2D eigenvalue weighted by atomic mass is 10.0. The summed E-state index contributed by atoms with van der Waals surface area (Å²) in [7, 11) is 1.67. The predicted molar refractivity (Wildman–Crippen MR) is 88.7 cm³/mol. The van der Waals surface area contributed by atoms with Gasteiger partial charge in [0, 0.05) is 20.1 Å².